The number of ether oxygens (including phenoxy) is 2. The van der Waals surface area contributed by atoms with E-state index in [0.717, 1.165) is 11.1 Å². The molecule has 0 saturated heterocycles. The van der Waals surface area contributed by atoms with Crippen LogP contribution in [0, 0.1) is 0 Å². The van der Waals surface area contributed by atoms with Crippen LogP contribution in [-0.2, 0) is 32.1 Å². The predicted octanol–water partition coefficient (Wildman–Crippen LogP) is -1.86. The first-order chi connectivity index (χ1) is 14.4. The lowest BCUT2D eigenvalue weighted by Crippen LogP contribution is -2.31. The Morgan fingerprint density at radius 1 is 0.900 bits per heavy atom. The minimum Gasteiger partial charge on any atom is -0.484 e. The zero-order valence-electron chi connectivity index (χ0n) is 15.8. The van der Waals surface area contributed by atoms with Crippen LogP contribution >= 0.6 is 0 Å². The van der Waals surface area contributed by atoms with Gasteiger partial charge in [0.25, 0.3) is 5.91 Å². The summed E-state index contributed by atoms with van der Waals surface area (Å²) in [4.78, 5) is 20.9. The van der Waals surface area contributed by atoms with Crippen LogP contribution in [0.4, 0.5) is 0 Å². The van der Waals surface area contributed by atoms with Crippen molar-refractivity contribution in [1.82, 2.24) is 0 Å². The average molecular weight is 415 g/mol. The van der Waals surface area contributed by atoms with Crippen molar-refractivity contribution in [3.63, 3.8) is 0 Å². The van der Waals surface area contributed by atoms with E-state index in [1.807, 2.05) is 6.07 Å². The number of carbonyl (C=O) groups excluding carboxylic acids is 1. The molecule has 2 heterocycles. The summed E-state index contributed by atoms with van der Waals surface area (Å²) < 4.78 is 20.2. The first-order valence-electron chi connectivity index (χ1n) is 8.95. The molecule has 0 unspecified atom stereocenters. The molecule has 4 rings (SSSR count). The first-order valence-corrected chi connectivity index (χ1v) is 8.95. The highest BCUT2D eigenvalue weighted by Crippen LogP contribution is 2.18. The Bertz CT molecular complexity index is 864. The zero-order chi connectivity index (χ0) is 21.7. The smallest absolute Gasteiger partial charge is 0.484 e. The topological polar surface area (TPSA) is 158 Å². The number of fused-ring (bicyclic) bond motifs is 2. The minimum atomic E-state index is -1.05. The van der Waals surface area contributed by atoms with Gasteiger partial charge < -0.3 is 39.7 Å². The zero-order valence-corrected chi connectivity index (χ0v) is 15.8. The summed E-state index contributed by atoms with van der Waals surface area (Å²) in [6, 6.07) is 10.4. The molecule has 2 aromatic rings. The van der Waals surface area contributed by atoms with Gasteiger partial charge in [-0.25, -0.2) is 4.79 Å². The lowest BCUT2D eigenvalue weighted by Gasteiger charge is -2.08. The van der Waals surface area contributed by atoms with Gasteiger partial charge in [-0.15, -0.1) is 0 Å². The molecule has 0 aromatic heterocycles. The second-order valence-electron chi connectivity index (χ2n) is 6.42. The van der Waals surface area contributed by atoms with Crippen molar-refractivity contribution >= 4 is 37.0 Å². The molecule has 30 heavy (non-hydrogen) atoms. The number of carbonyl (C=O) groups is 2. The van der Waals surface area contributed by atoms with Gasteiger partial charge in [-0.05, 0) is 23.3 Å². The number of carboxylic acid groups (broad SMARTS) is 1. The fourth-order valence-corrected chi connectivity index (χ4v) is 3.04. The van der Waals surface area contributed by atoms with E-state index < -0.39 is 32.7 Å². The molecular formula is C18H19B2NO9. The summed E-state index contributed by atoms with van der Waals surface area (Å²) in [7, 11) is -2.01. The maximum Gasteiger partial charge on any atom is 0.495 e. The molecule has 0 atom stereocenters. The van der Waals surface area contributed by atoms with E-state index in [2.05, 4.69) is 0 Å². The highest BCUT2D eigenvalue weighted by atomic mass is 16.5. The number of carboxylic acids is 1. The second-order valence-corrected chi connectivity index (χ2v) is 6.42. The molecule has 2 aliphatic rings. The molecule has 0 saturated carbocycles. The van der Waals surface area contributed by atoms with Crippen LogP contribution in [0.15, 0.2) is 36.4 Å². The Labute approximate surface area is 172 Å². The minimum absolute atomic E-state index is 0.205. The van der Waals surface area contributed by atoms with Crippen LogP contribution in [0.5, 0.6) is 11.5 Å². The van der Waals surface area contributed by atoms with Gasteiger partial charge in [-0.1, -0.05) is 24.3 Å². The van der Waals surface area contributed by atoms with Crippen molar-refractivity contribution in [3.05, 3.63) is 47.5 Å². The van der Waals surface area contributed by atoms with Gasteiger partial charge >= 0.3 is 20.2 Å². The van der Waals surface area contributed by atoms with Crippen molar-refractivity contribution in [2.24, 2.45) is 5.73 Å². The standard InChI is InChI=1S/C9H10BNO4.C9H9BO5/c2*11-8(12)5-14-7-3-1-2-6-4-15-10(13)9(6)7/h1-3,13H,4-5H2,(H2,11,12);1-3,13H,4-5H2,(H,11,12). The van der Waals surface area contributed by atoms with Crippen LogP contribution in [-0.4, -0.2) is 54.5 Å². The summed E-state index contributed by atoms with van der Waals surface area (Å²) in [6.07, 6.45) is 0. The molecule has 0 radical (unpaired) electrons. The van der Waals surface area contributed by atoms with Gasteiger partial charge in [-0.2, -0.15) is 0 Å². The molecule has 0 bridgehead atoms. The Hall–Kier alpha value is -3.05. The normalized spacial score (nSPS) is 13.8. The average Bonchev–Trinajstić information content (AvgIpc) is 3.29. The summed E-state index contributed by atoms with van der Waals surface area (Å²) >= 11 is 0. The lowest BCUT2D eigenvalue weighted by molar-refractivity contribution is -0.139. The van der Waals surface area contributed by atoms with Gasteiger partial charge in [0, 0.05) is 10.9 Å². The van der Waals surface area contributed by atoms with Crippen molar-refractivity contribution in [2.45, 2.75) is 13.2 Å². The van der Waals surface area contributed by atoms with Gasteiger partial charge in [-0.3, -0.25) is 4.79 Å². The van der Waals surface area contributed by atoms with E-state index >= 15 is 0 Å². The third-order valence-corrected chi connectivity index (χ3v) is 4.32. The molecule has 0 fully saturated rings. The van der Waals surface area contributed by atoms with E-state index in [1.54, 1.807) is 30.3 Å². The number of rotatable bonds is 6. The number of amides is 1. The first kappa shape index (κ1) is 21.7. The van der Waals surface area contributed by atoms with Crippen LogP contribution in [0.25, 0.3) is 0 Å². The summed E-state index contributed by atoms with van der Waals surface area (Å²) in [5.74, 6) is -0.807. The Morgan fingerprint density at radius 3 is 1.80 bits per heavy atom. The number of benzene rings is 2. The quantitative estimate of drug-likeness (QED) is 0.397. The number of primary amides is 1. The molecule has 0 spiro atoms. The van der Waals surface area contributed by atoms with E-state index in [0.29, 0.717) is 35.6 Å². The van der Waals surface area contributed by atoms with Gasteiger partial charge in [0.15, 0.2) is 13.2 Å². The van der Waals surface area contributed by atoms with Gasteiger partial charge in [0.2, 0.25) is 0 Å². The molecule has 0 aliphatic carbocycles. The van der Waals surface area contributed by atoms with E-state index in [-0.39, 0.29) is 6.61 Å². The summed E-state index contributed by atoms with van der Waals surface area (Å²) in [6.45, 7) is 0.0391. The van der Waals surface area contributed by atoms with E-state index in [9.17, 15) is 19.6 Å². The summed E-state index contributed by atoms with van der Waals surface area (Å²) in [5, 5.41) is 27.5. The lowest BCUT2D eigenvalue weighted by atomic mass is 9.79. The molecule has 10 nitrogen and oxygen atoms in total. The largest absolute Gasteiger partial charge is 0.495 e. The van der Waals surface area contributed by atoms with Crippen molar-refractivity contribution in [2.75, 3.05) is 13.2 Å². The number of hydrogen-bond donors (Lipinski definition) is 4. The molecule has 156 valence electrons. The molecule has 12 heteroatoms. The summed E-state index contributed by atoms with van der Waals surface area (Å²) in [5.41, 5.74) is 7.76. The molecular weight excluding hydrogens is 396 g/mol. The third kappa shape index (κ3) is 5.10. The Kier molecular flexibility index (Phi) is 6.95. The van der Waals surface area contributed by atoms with E-state index in [4.69, 9.17) is 29.6 Å². The second kappa shape index (κ2) is 9.63. The van der Waals surface area contributed by atoms with Crippen LogP contribution < -0.4 is 26.1 Å². The van der Waals surface area contributed by atoms with Gasteiger partial charge in [0.05, 0.1) is 13.2 Å². The highest BCUT2D eigenvalue weighted by molar-refractivity contribution is 6.63. The third-order valence-electron chi connectivity index (χ3n) is 4.32. The van der Waals surface area contributed by atoms with Crippen molar-refractivity contribution < 1.29 is 43.5 Å². The predicted molar refractivity (Wildman–Crippen MR) is 105 cm³/mol. The van der Waals surface area contributed by atoms with Crippen LogP contribution in [0.1, 0.15) is 11.1 Å². The maximum absolute atomic E-state index is 10.6. The van der Waals surface area contributed by atoms with Crippen molar-refractivity contribution in [3.8, 4) is 11.5 Å². The molecule has 2 aliphatic heterocycles. The maximum atomic E-state index is 10.6. The highest BCUT2D eigenvalue weighted by Gasteiger charge is 2.31. The SMILES string of the molecule is NC(=O)COc1cccc2c1B(O)OC2.O=C(O)COc1cccc2c1B(O)OC2. The van der Waals surface area contributed by atoms with Crippen LogP contribution in [0.2, 0.25) is 0 Å². The Morgan fingerprint density at radius 2 is 1.37 bits per heavy atom. The fourth-order valence-electron chi connectivity index (χ4n) is 3.04. The van der Waals surface area contributed by atoms with Gasteiger partial charge in [0.1, 0.15) is 11.5 Å². The number of nitrogens with two attached hydrogens (primary N) is 1. The molecule has 5 N–H and O–H groups in total. The molecule has 1 amide bonds. The fraction of sp³-hybridized carbons (Fsp3) is 0.222. The number of hydrogen-bond acceptors (Lipinski definition) is 8. The molecule has 2 aromatic carbocycles. The van der Waals surface area contributed by atoms with E-state index in [1.165, 1.54) is 0 Å². The van der Waals surface area contributed by atoms with Crippen molar-refractivity contribution in [1.29, 1.82) is 0 Å². The Balaban J connectivity index is 0.000000171. The van der Waals surface area contributed by atoms with Crippen LogP contribution in [0.3, 0.4) is 0 Å². The number of aliphatic carboxylic acids is 1. The monoisotopic (exact) mass is 415 g/mol.